The highest BCUT2D eigenvalue weighted by Gasteiger charge is 2.46. The van der Waals surface area contributed by atoms with Crippen molar-refractivity contribution in [2.45, 2.75) is 17.8 Å². The lowest BCUT2D eigenvalue weighted by atomic mass is 9.67. The monoisotopic (exact) mass is 769 g/mol. The van der Waals surface area contributed by atoms with Crippen molar-refractivity contribution in [3.05, 3.63) is 257 Å². The largest absolute Gasteiger partial charge is 0.309 e. The molecule has 1 nitrogen and oxygen atoms in total. The molecule has 0 saturated heterocycles. The molecule has 0 N–H and O–H groups in total. The summed E-state index contributed by atoms with van der Waals surface area (Å²) in [5.41, 5.74) is 16.9. The summed E-state index contributed by atoms with van der Waals surface area (Å²) in [6, 6.07) is 81.4. The molecule has 0 fully saturated rings. The second kappa shape index (κ2) is 13.0. The number of benzene rings is 9. The zero-order chi connectivity index (χ0) is 39.1. The van der Waals surface area contributed by atoms with Crippen LogP contribution in [0.4, 0.5) is 17.1 Å². The summed E-state index contributed by atoms with van der Waals surface area (Å²) in [6.45, 7) is 2.44. The lowest BCUT2D eigenvalue weighted by molar-refractivity contribution is 0.715. The smallest absolute Gasteiger partial charge is 0.0714 e. The molecule has 2 aliphatic carbocycles. The van der Waals surface area contributed by atoms with Crippen LogP contribution in [0.15, 0.2) is 218 Å². The molecule has 0 saturated carbocycles. The first-order chi connectivity index (χ1) is 29.2. The minimum absolute atomic E-state index is 0.364. The maximum Gasteiger partial charge on any atom is 0.0714 e. The van der Waals surface area contributed by atoms with Gasteiger partial charge < -0.3 is 4.90 Å². The molecule has 0 unspecified atom stereocenters. The average molecular weight is 770 g/mol. The van der Waals surface area contributed by atoms with Crippen LogP contribution >= 0.6 is 11.3 Å². The molecule has 2 aliphatic rings. The molecular formula is C57H39NS. The van der Waals surface area contributed by atoms with Gasteiger partial charge in [-0.25, -0.2) is 0 Å². The summed E-state index contributed by atoms with van der Waals surface area (Å²) in [6.07, 6.45) is 0. The summed E-state index contributed by atoms with van der Waals surface area (Å²) in [7, 11) is 0. The van der Waals surface area contributed by atoms with E-state index in [1.54, 1.807) is 0 Å². The van der Waals surface area contributed by atoms with E-state index in [4.69, 9.17) is 0 Å². The molecule has 2 heteroatoms. The average Bonchev–Trinajstić information content (AvgIpc) is 3.92. The normalized spacial score (nSPS) is 14.1. The van der Waals surface area contributed by atoms with E-state index >= 15 is 0 Å². The zero-order valence-electron chi connectivity index (χ0n) is 32.6. The summed E-state index contributed by atoms with van der Waals surface area (Å²) in [5.74, 6) is 0. The first-order valence-electron chi connectivity index (χ1n) is 20.5. The van der Waals surface area contributed by atoms with E-state index in [-0.39, 0.29) is 5.41 Å². The van der Waals surface area contributed by atoms with Gasteiger partial charge >= 0.3 is 0 Å². The molecule has 0 aliphatic heterocycles. The van der Waals surface area contributed by atoms with Crippen molar-refractivity contribution in [3.63, 3.8) is 0 Å². The molecule has 9 aromatic carbocycles. The molecule has 0 amide bonds. The third-order valence-electron chi connectivity index (χ3n) is 13.2. The van der Waals surface area contributed by atoms with Gasteiger partial charge in [0.15, 0.2) is 0 Å². The van der Waals surface area contributed by atoms with Crippen molar-refractivity contribution in [3.8, 4) is 22.3 Å². The Balaban J connectivity index is 1.17. The van der Waals surface area contributed by atoms with E-state index in [0.29, 0.717) is 0 Å². The Hall–Kier alpha value is -7.00. The first-order valence-corrected chi connectivity index (χ1v) is 21.3. The van der Waals surface area contributed by atoms with Crippen molar-refractivity contribution >= 4 is 48.6 Å². The molecule has 10 aromatic rings. The van der Waals surface area contributed by atoms with Gasteiger partial charge in [0.1, 0.15) is 0 Å². The van der Waals surface area contributed by atoms with E-state index in [0.717, 1.165) is 11.4 Å². The number of para-hydroxylation sites is 1. The van der Waals surface area contributed by atoms with Gasteiger partial charge in [0, 0.05) is 32.3 Å². The van der Waals surface area contributed by atoms with E-state index in [1.807, 2.05) is 11.3 Å². The fourth-order valence-electron chi connectivity index (χ4n) is 10.6. The number of thiophene rings is 1. The van der Waals surface area contributed by atoms with Crippen molar-refractivity contribution in [2.75, 3.05) is 4.90 Å². The van der Waals surface area contributed by atoms with Crippen LogP contribution in [-0.2, 0) is 10.8 Å². The van der Waals surface area contributed by atoms with Crippen LogP contribution in [-0.4, -0.2) is 0 Å². The molecule has 0 radical (unpaired) electrons. The third-order valence-corrected chi connectivity index (χ3v) is 14.4. The minimum atomic E-state index is -0.508. The van der Waals surface area contributed by atoms with Gasteiger partial charge in [0.25, 0.3) is 0 Å². The Bertz CT molecular complexity index is 3150. The predicted molar refractivity (Wildman–Crippen MR) is 249 cm³/mol. The molecule has 59 heavy (non-hydrogen) atoms. The molecule has 0 spiro atoms. The lowest BCUT2D eigenvalue weighted by Gasteiger charge is -2.35. The lowest BCUT2D eigenvalue weighted by Crippen LogP contribution is -2.28. The van der Waals surface area contributed by atoms with Crippen molar-refractivity contribution in [1.82, 2.24) is 0 Å². The topological polar surface area (TPSA) is 3.24 Å². The number of hydrogen-bond acceptors (Lipinski definition) is 2. The van der Waals surface area contributed by atoms with Gasteiger partial charge in [-0.3, -0.25) is 0 Å². The quantitative estimate of drug-likeness (QED) is 0.163. The third kappa shape index (κ3) is 4.78. The number of anilines is 3. The number of hydrogen-bond donors (Lipinski definition) is 0. The Morgan fingerprint density at radius 3 is 1.53 bits per heavy atom. The van der Waals surface area contributed by atoms with Gasteiger partial charge in [-0.2, -0.15) is 0 Å². The van der Waals surface area contributed by atoms with Gasteiger partial charge in [-0.05, 0) is 111 Å². The molecule has 0 bridgehead atoms. The van der Waals surface area contributed by atoms with Gasteiger partial charge in [0.05, 0.1) is 15.8 Å². The second-order valence-electron chi connectivity index (χ2n) is 16.1. The van der Waals surface area contributed by atoms with Crippen LogP contribution in [0.5, 0.6) is 0 Å². The van der Waals surface area contributed by atoms with Crippen molar-refractivity contribution < 1.29 is 0 Å². The second-order valence-corrected chi connectivity index (χ2v) is 17.2. The first kappa shape index (κ1) is 34.1. The highest BCUT2D eigenvalue weighted by molar-refractivity contribution is 7.26. The number of fused-ring (bicyclic) bond motifs is 9. The Morgan fingerprint density at radius 1 is 0.373 bits per heavy atom. The Labute approximate surface area is 349 Å². The predicted octanol–water partition coefficient (Wildman–Crippen LogP) is 15.2. The van der Waals surface area contributed by atoms with Gasteiger partial charge in [0.2, 0.25) is 0 Å². The fourth-order valence-corrected chi connectivity index (χ4v) is 11.8. The summed E-state index contributed by atoms with van der Waals surface area (Å²) in [5, 5.41) is 2.59. The molecule has 12 rings (SSSR count). The minimum Gasteiger partial charge on any atom is -0.309 e. The Kier molecular flexibility index (Phi) is 7.51. The van der Waals surface area contributed by atoms with Crippen LogP contribution in [0.25, 0.3) is 42.4 Å². The standard InChI is InChI=1S/C57H39NS/c1-56(49-29-15-11-25-43(49)44-26-12-16-30-50(44)56)40-35-48-47-28-14-18-32-54(47)59-55(48)53(36-40)58(41-23-9-4-10-24-41)42-33-34-46-45-27-13-17-31-51(45)57(52(46)37-42,38-19-5-2-6-20-38)39-21-7-3-8-22-39/h2-37H,1H3. The molecular weight excluding hydrogens is 731 g/mol. The van der Waals surface area contributed by atoms with Crippen LogP contribution in [0, 0.1) is 0 Å². The van der Waals surface area contributed by atoms with Gasteiger partial charge in [-0.15, -0.1) is 11.3 Å². The fraction of sp³-hybridized carbons (Fsp3) is 0.0526. The maximum absolute atomic E-state index is 2.53. The molecule has 1 aromatic heterocycles. The van der Waals surface area contributed by atoms with Crippen molar-refractivity contribution in [1.29, 1.82) is 0 Å². The van der Waals surface area contributed by atoms with Crippen LogP contribution in [0.1, 0.15) is 45.9 Å². The van der Waals surface area contributed by atoms with Crippen LogP contribution in [0.3, 0.4) is 0 Å². The molecule has 1 heterocycles. The summed E-state index contributed by atoms with van der Waals surface area (Å²) in [4.78, 5) is 2.53. The van der Waals surface area contributed by atoms with Gasteiger partial charge in [-0.1, -0.05) is 176 Å². The SMILES string of the molecule is CC1(c2cc(N(c3ccccc3)c3ccc4c(c3)C(c3ccccc3)(c3ccccc3)c3ccccc3-4)c3sc4ccccc4c3c2)c2ccccc2-c2ccccc21. The van der Waals surface area contributed by atoms with Crippen molar-refractivity contribution in [2.24, 2.45) is 0 Å². The number of rotatable bonds is 6. The van der Waals surface area contributed by atoms with Crippen LogP contribution < -0.4 is 4.90 Å². The van der Waals surface area contributed by atoms with E-state index in [1.165, 1.54) is 87.1 Å². The molecule has 278 valence electrons. The summed E-state index contributed by atoms with van der Waals surface area (Å²) < 4.78 is 2.57. The zero-order valence-corrected chi connectivity index (χ0v) is 33.5. The van der Waals surface area contributed by atoms with Crippen LogP contribution in [0.2, 0.25) is 0 Å². The molecule has 0 atom stereocenters. The van der Waals surface area contributed by atoms with E-state index in [9.17, 15) is 0 Å². The summed E-state index contributed by atoms with van der Waals surface area (Å²) >= 11 is 1.89. The maximum atomic E-state index is 2.53. The number of nitrogens with zero attached hydrogens (tertiary/aromatic N) is 1. The highest BCUT2D eigenvalue weighted by atomic mass is 32.1. The Morgan fingerprint density at radius 2 is 0.881 bits per heavy atom. The van der Waals surface area contributed by atoms with E-state index < -0.39 is 5.41 Å². The van der Waals surface area contributed by atoms with E-state index in [2.05, 4.69) is 230 Å². The highest BCUT2D eigenvalue weighted by Crippen LogP contribution is 2.59.